The van der Waals surface area contributed by atoms with E-state index in [0.29, 0.717) is 24.8 Å². The summed E-state index contributed by atoms with van der Waals surface area (Å²) < 4.78 is 10.9. The van der Waals surface area contributed by atoms with Crippen LogP contribution < -0.4 is 10.1 Å². The van der Waals surface area contributed by atoms with E-state index < -0.39 is 6.10 Å². The molecule has 0 aliphatic rings. The van der Waals surface area contributed by atoms with Gasteiger partial charge in [-0.15, -0.1) is 0 Å². The third kappa shape index (κ3) is 6.63. The largest absolute Gasteiger partial charge is 0.479 e. The molecule has 1 aromatic rings. The van der Waals surface area contributed by atoms with Crippen LogP contribution in [0.25, 0.3) is 0 Å². The molecule has 0 aliphatic heterocycles. The zero-order valence-corrected chi connectivity index (χ0v) is 13.5. The molecule has 1 aromatic carbocycles. The Hall–Kier alpha value is -1.55. The van der Waals surface area contributed by atoms with Crippen molar-refractivity contribution in [3.63, 3.8) is 0 Å². The molecule has 1 unspecified atom stereocenters. The first-order chi connectivity index (χ1) is 10.1. The van der Waals surface area contributed by atoms with E-state index >= 15 is 0 Å². The van der Waals surface area contributed by atoms with Gasteiger partial charge in [0.2, 0.25) is 0 Å². The second-order valence-electron chi connectivity index (χ2n) is 5.33. The average Bonchev–Trinajstić information content (AvgIpc) is 2.45. The molecule has 0 radical (unpaired) electrons. The van der Waals surface area contributed by atoms with Crippen LogP contribution in [0.3, 0.4) is 0 Å². The van der Waals surface area contributed by atoms with Crippen LogP contribution in [0.5, 0.6) is 5.75 Å². The van der Waals surface area contributed by atoms with Crippen molar-refractivity contribution in [1.82, 2.24) is 5.32 Å². The molecule has 21 heavy (non-hydrogen) atoms. The summed E-state index contributed by atoms with van der Waals surface area (Å²) in [6.07, 6.45) is 1.01. The van der Waals surface area contributed by atoms with Crippen molar-refractivity contribution < 1.29 is 14.3 Å². The standard InChI is InChI=1S/C17H27NO3/c1-5-8-16(17(19)20-6-2)21-15-10-7-9-14(11-15)12-18-13(3)4/h7,9-11,13,16,18H,5-6,8,12H2,1-4H3. The zero-order valence-electron chi connectivity index (χ0n) is 13.5. The van der Waals surface area contributed by atoms with E-state index in [1.54, 1.807) is 6.92 Å². The van der Waals surface area contributed by atoms with Gasteiger partial charge in [0.15, 0.2) is 6.10 Å². The summed E-state index contributed by atoms with van der Waals surface area (Å²) in [5, 5.41) is 3.36. The summed E-state index contributed by atoms with van der Waals surface area (Å²) in [4.78, 5) is 11.9. The van der Waals surface area contributed by atoms with Crippen LogP contribution >= 0.6 is 0 Å². The number of carbonyl (C=O) groups excluding carboxylic acids is 1. The van der Waals surface area contributed by atoms with Gasteiger partial charge in [-0.25, -0.2) is 4.79 Å². The SMILES string of the molecule is CCCC(Oc1cccc(CNC(C)C)c1)C(=O)OCC. The number of hydrogen-bond donors (Lipinski definition) is 1. The Morgan fingerprint density at radius 1 is 1.29 bits per heavy atom. The van der Waals surface area contributed by atoms with E-state index in [1.165, 1.54) is 0 Å². The van der Waals surface area contributed by atoms with Crippen LogP contribution in [0.15, 0.2) is 24.3 Å². The van der Waals surface area contributed by atoms with E-state index in [1.807, 2.05) is 31.2 Å². The lowest BCUT2D eigenvalue weighted by molar-refractivity contribution is -0.151. The van der Waals surface area contributed by atoms with Gasteiger partial charge in [-0.3, -0.25) is 0 Å². The van der Waals surface area contributed by atoms with Gasteiger partial charge in [0.05, 0.1) is 6.61 Å². The van der Waals surface area contributed by atoms with E-state index in [0.717, 1.165) is 18.5 Å². The molecule has 4 nitrogen and oxygen atoms in total. The topological polar surface area (TPSA) is 47.6 Å². The van der Waals surface area contributed by atoms with E-state index in [2.05, 4.69) is 19.2 Å². The molecule has 0 bridgehead atoms. The molecule has 1 N–H and O–H groups in total. The highest BCUT2D eigenvalue weighted by atomic mass is 16.6. The number of carbonyl (C=O) groups is 1. The van der Waals surface area contributed by atoms with Gasteiger partial charge < -0.3 is 14.8 Å². The predicted molar refractivity (Wildman–Crippen MR) is 84.4 cm³/mol. The molecular weight excluding hydrogens is 266 g/mol. The number of esters is 1. The first-order valence-electron chi connectivity index (χ1n) is 7.72. The lowest BCUT2D eigenvalue weighted by atomic mass is 10.2. The number of nitrogens with one attached hydrogen (secondary N) is 1. The lowest BCUT2D eigenvalue weighted by Gasteiger charge is -2.17. The van der Waals surface area contributed by atoms with Crippen molar-refractivity contribution in [1.29, 1.82) is 0 Å². The minimum atomic E-state index is -0.525. The van der Waals surface area contributed by atoms with E-state index in [4.69, 9.17) is 9.47 Å². The molecule has 0 aliphatic carbocycles. The quantitative estimate of drug-likeness (QED) is 0.710. The van der Waals surface area contributed by atoms with Crippen LogP contribution in [0.2, 0.25) is 0 Å². The number of rotatable bonds is 9. The fourth-order valence-corrected chi connectivity index (χ4v) is 1.94. The highest BCUT2D eigenvalue weighted by Crippen LogP contribution is 2.17. The Morgan fingerprint density at radius 2 is 2.05 bits per heavy atom. The smallest absolute Gasteiger partial charge is 0.347 e. The first kappa shape index (κ1) is 17.5. The van der Waals surface area contributed by atoms with Crippen molar-refractivity contribution >= 4 is 5.97 Å². The molecule has 1 rings (SSSR count). The highest BCUT2D eigenvalue weighted by Gasteiger charge is 2.20. The minimum absolute atomic E-state index is 0.287. The summed E-state index contributed by atoms with van der Waals surface area (Å²) in [6, 6.07) is 8.27. The van der Waals surface area contributed by atoms with Crippen LogP contribution in [-0.4, -0.2) is 24.7 Å². The fourth-order valence-electron chi connectivity index (χ4n) is 1.94. The molecule has 0 amide bonds. The summed E-state index contributed by atoms with van der Waals surface area (Å²) in [5.74, 6) is 0.426. The maximum atomic E-state index is 11.9. The predicted octanol–water partition coefficient (Wildman–Crippen LogP) is 3.30. The summed E-state index contributed by atoms with van der Waals surface area (Å²) in [6.45, 7) is 9.21. The van der Waals surface area contributed by atoms with Crippen LogP contribution in [0.4, 0.5) is 0 Å². The van der Waals surface area contributed by atoms with Crippen molar-refractivity contribution in [2.24, 2.45) is 0 Å². The zero-order chi connectivity index (χ0) is 15.7. The first-order valence-corrected chi connectivity index (χ1v) is 7.72. The normalized spacial score (nSPS) is 12.2. The van der Waals surface area contributed by atoms with Crippen molar-refractivity contribution in [3.8, 4) is 5.75 Å². The van der Waals surface area contributed by atoms with Gasteiger partial charge in [-0.2, -0.15) is 0 Å². The third-order valence-electron chi connectivity index (χ3n) is 2.99. The van der Waals surface area contributed by atoms with Gasteiger partial charge >= 0.3 is 5.97 Å². The molecule has 0 heterocycles. The molecule has 0 fully saturated rings. The van der Waals surface area contributed by atoms with Crippen LogP contribution in [-0.2, 0) is 16.1 Å². The maximum absolute atomic E-state index is 11.9. The number of benzene rings is 1. The van der Waals surface area contributed by atoms with Crippen LogP contribution in [0, 0.1) is 0 Å². The molecule has 0 saturated carbocycles. The molecular formula is C17H27NO3. The monoisotopic (exact) mass is 293 g/mol. The number of ether oxygens (including phenoxy) is 2. The summed E-state index contributed by atoms with van der Waals surface area (Å²) >= 11 is 0. The second kappa shape index (κ2) is 9.40. The summed E-state index contributed by atoms with van der Waals surface area (Å²) in [7, 11) is 0. The van der Waals surface area contributed by atoms with Gasteiger partial charge in [0, 0.05) is 12.6 Å². The fraction of sp³-hybridized carbons (Fsp3) is 0.588. The number of hydrogen-bond acceptors (Lipinski definition) is 4. The Morgan fingerprint density at radius 3 is 2.67 bits per heavy atom. The second-order valence-corrected chi connectivity index (χ2v) is 5.33. The van der Waals surface area contributed by atoms with Crippen molar-refractivity contribution in [2.75, 3.05) is 6.61 Å². The van der Waals surface area contributed by atoms with Gasteiger partial charge in [-0.1, -0.05) is 39.3 Å². The van der Waals surface area contributed by atoms with Gasteiger partial charge in [0.25, 0.3) is 0 Å². The molecule has 118 valence electrons. The average molecular weight is 293 g/mol. The lowest BCUT2D eigenvalue weighted by Crippen LogP contribution is -2.29. The third-order valence-corrected chi connectivity index (χ3v) is 2.99. The van der Waals surface area contributed by atoms with Gasteiger partial charge in [-0.05, 0) is 31.0 Å². The van der Waals surface area contributed by atoms with Gasteiger partial charge in [0.1, 0.15) is 5.75 Å². The Bertz CT molecular complexity index is 432. The molecule has 0 saturated heterocycles. The Kier molecular flexibility index (Phi) is 7.83. The van der Waals surface area contributed by atoms with E-state index in [-0.39, 0.29) is 5.97 Å². The Labute approximate surface area is 127 Å². The Balaban J connectivity index is 2.69. The van der Waals surface area contributed by atoms with Crippen molar-refractivity contribution in [3.05, 3.63) is 29.8 Å². The highest BCUT2D eigenvalue weighted by molar-refractivity contribution is 5.75. The molecule has 4 heteroatoms. The van der Waals surface area contributed by atoms with Crippen LogP contribution in [0.1, 0.15) is 46.1 Å². The van der Waals surface area contributed by atoms with E-state index in [9.17, 15) is 4.79 Å². The molecule has 0 aromatic heterocycles. The summed E-state index contributed by atoms with van der Waals surface area (Å²) in [5.41, 5.74) is 1.14. The molecule has 0 spiro atoms. The maximum Gasteiger partial charge on any atom is 0.347 e. The van der Waals surface area contributed by atoms with Crippen molar-refractivity contribution in [2.45, 2.75) is 59.2 Å². The minimum Gasteiger partial charge on any atom is -0.479 e. The molecule has 1 atom stereocenters.